The summed E-state index contributed by atoms with van der Waals surface area (Å²) in [5.74, 6) is 2.55. The molecule has 1 nitrogen and oxygen atoms in total. The van der Waals surface area contributed by atoms with Gasteiger partial charge < -0.3 is 5.32 Å². The Morgan fingerprint density at radius 2 is 2.20 bits per heavy atom. The minimum atomic E-state index is 0. The maximum Gasteiger partial charge on any atom is 0.0575 e. The van der Waals surface area contributed by atoms with Gasteiger partial charge in [-0.15, -0.1) is 18.8 Å². The Hall–Kier alpha value is -0.190. The van der Waals surface area contributed by atoms with Crippen molar-refractivity contribution >= 4 is 12.4 Å². The minimum absolute atomic E-state index is 0. The summed E-state index contributed by atoms with van der Waals surface area (Å²) >= 11 is 0. The van der Waals surface area contributed by atoms with Gasteiger partial charge in [-0.3, -0.25) is 0 Å². The summed E-state index contributed by atoms with van der Waals surface area (Å²) in [4.78, 5) is 0. The van der Waals surface area contributed by atoms with Crippen molar-refractivity contribution < 1.29 is 0 Å². The van der Waals surface area contributed by atoms with Gasteiger partial charge in [-0.05, 0) is 13.3 Å². The molecule has 0 aliphatic carbocycles. The van der Waals surface area contributed by atoms with Crippen molar-refractivity contribution in [2.24, 2.45) is 0 Å². The second kappa shape index (κ2) is 8.81. The summed E-state index contributed by atoms with van der Waals surface area (Å²) in [6.45, 7) is 5.02. The van der Waals surface area contributed by atoms with Gasteiger partial charge in [0.25, 0.3) is 0 Å². The fourth-order valence-corrected chi connectivity index (χ4v) is 0.768. The van der Waals surface area contributed by atoms with E-state index in [2.05, 4.69) is 25.1 Å². The van der Waals surface area contributed by atoms with Crippen LogP contribution in [-0.4, -0.2) is 12.6 Å². The van der Waals surface area contributed by atoms with Crippen LogP contribution in [0, 0.1) is 12.3 Å². The van der Waals surface area contributed by atoms with Crippen LogP contribution in [0.1, 0.15) is 26.7 Å². The van der Waals surface area contributed by atoms with Crippen LogP contribution >= 0.6 is 12.4 Å². The van der Waals surface area contributed by atoms with Crippen LogP contribution in [0.2, 0.25) is 0 Å². The normalized spacial score (nSPS) is 11.3. The molecule has 2 heteroatoms. The highest BCUT2D eigenvalue weighted by Crippen LogP contribution is 1.92. The lowest BCUT2D eigenvalue weighted by Crippen LogP contribution is -2.25. The Labute approximate surface area is 70.0 Å². The third kappa shape index (κ3) is 7.81. The molecule has 0 heterocycles. The van der Waals surface area contributed by atoms with E-state index in [0.717, 1.165) is 0 Å². The molecule has 1 atom stereocenters. The van der Waals surface area contributed by atoms with Gasteiger partial charge in [0, 0.05) is 6.04 Å². The van der Waals surface area contributed by atoms with Crippen LogP contribution in [0.5, 0.6) is 0 Å². The van der Waals surface area contributed by atoms with E-state index in [-0.39, 0.29) is 12.4 Å². The van der Waals surface area contributed by atoms with E-state index >= 15 is 0 Å². The summed E-state index contributed by atoms with van der Waals surface area (Å²) in [5, 5.41) is 3.20. The fraction of sp³-hybridized carbons (Fsp3) is 0.750. The van der Waals surface area contributed by atoms with Crippen LogP contribution in [0.15, 0.2) is 0 Å². The number of nitrogens with one attached hydrogen (secondary N) is 1. The predicted molar refractivity (Wildman–Crippen MR) is 48.5 cm³/mol. The molecule has 0 amide bonds. The van der Waals surface area contributed by atoms with Gasteiger partial charge in [0.2, 0.25) is 0 Å². The molecular formula is C8H16ClN. The molecule has 0 rings (SSSR count). The van der Waals surface area contributed by atoms with Gasteiger partial charge in [-0.2, -0.15) is 0 Å². The van der Waals surface area contributed by atoms with Crippen molar-refractivity contribution in [3.8, 4) is 12.3 Å². The first-order valence-electron chi connectivity index (χ1n) is 3.48. The van der Waals surface area contributed by atoms with E-state index in [1.54, 1.807) is 0 Å². The molecule has 0 aromatic carbocycles. The molecule has 0 fully saturated rings. The highest BCUT2D eigenvalue weighted by molar-refractivity contribution is 5.85. The Bertz CT molecular complexity index is 95.9. The summed E-state index contributed by atoms with van der Waals surface area (Å²) in [7, 11) is 0. The molecule has 10 heavy (non-hydrogen) atoms. The third-order valence-electron chi connectivity index (χ3n) is 1.27. The van der Waals surface area contributed by atoms with Crippen LogP contribution < -0.4 is 5.32 Å². The van der Waals surface area contributed by atoms with Crippen molar-refractivity contribution in [2.75, 3.05) is 6.54 Å². The van der Waals surface area contributed by atoms with E-state index in [1.807, 2.05) is 0 Å². The Kier molecular flexibility index (Phi) is 11.0. The van der Waals surface area contributed by atoms with Crippen LogP contribution in [-0.2, 0) is 0 Å². The molecular weight excluding hydrogens is 146 g/mol. The zero-order valence-electron chi connectivity index (χ0n) is 6.68. The standard InChI is InChI=1S/C8H15N.ClH/c1-4-6-8(3)9-7-5-2;/h2,8-9H,4,6-7H2,1,3H3;1H. The largest absolute Gasteiger partial charge is 0.304 e. The van der Waals surface area contributed by atoms with Crippen LogP contribution in [0.4, 0.5) is 0 Å². The summed E-state index contributed by atoms with van der Waals surface area (Å²) in [5.41, 5.74) is 0. The molecule has 0 spiro atoms. The molecule has 1 N–H and O–H groups in total. The lowest BCUT2D eigenvalue weighted by Gasteiger charge is -2.08. The lowest BCUT2D eigenvalue weighted by atomic mass is 10.2. The number of hydrogen-bond donors (Lipinski definition) is 1. The summed E-state index contributed by atoms with van der Waals surface area (Å²) in [6.07, 6.45) is 7.49. The average Bonchev–Trinajstić information content (AvgIpc) is 1.85. The van der Waals surface area contributed by atoms with Crippen molar-refractivity contribution in [1.29, 1.82) is 0 Å². The number of hydrogen-bond acceptors (Lipinski definition) is 1. The number of halogens is 1. The van der Waals surface area contributed by atoms with E-state index in [4.69, 9.17) is 6.42 Å². The quantitative estimate of drug-likeness (QED) is 0.621. The zero-order valence-corrected chi connectivity index (χ0v) is 7.50. The van der Waals surface area contributed by atoms with Gasteiger partial charge in [-0.25, -0.2) is 0 Å². The van der Waals surface area contributed by atoms with E-state index in [1.165, 1.54) is 12.8 Å². The highest BCUT2D eigenvalue weighted by atomic mass is 35.5. The summed E-state index contributed by atoms with van der Waals surface area (Å²) in [6, 6.07) is 0.575. The third-order valence-corrected chi connectivity index (χ3v) is 1.27. The first-order valence-corrected chi connectivity index (χ1v) is 3.48. The minimum Gasteiger partial charge on any atom is -0.304 e. The van der Waals surface area contributed by atoms with Gasteiger partial charge in [0.1, 0.15) is 0 Å². The molecule has 0 aliphatic heterocycles. The topological polar surface area (TPSA) is 12.0 Å². The Morgan fingerprint density at radius 3 is 2.60 bits per heavy atom. The molecule has 0 saturated carbocycles. The van der Waals surface area contributed by atoms with Gasteiger partial charge in [0.05, 0.1) is 6.54 Å². The Balaban J connectivity index is 0. The Morgan fingerprint density at radius 1 is 1.60 bits per heavy atom. The van der Waals surface area contributed by atoms with Crippen LogP contribution in [0.25, 0.3) is 0 Å². The maximum absolute atomic E-state index is 5.06. The van der Waals surface area contributed by atoms with E-state index < -0.39 is 0 Å². The monoisotopic (exact) mass is 161 g/mol. The molecule has 0 aromatic heterocycles. The van der Waals surface area contributed by atoms with Crippen molar-refractivity contribution in [2.45, 2.75) is 32.7 Å². The molecule has 0 saturated heterocycles. The fourth-order valence-electron chi connectivity index (χ4n) is 0.768. The second-order valence-corrected chi connectivity index (χ2v) is 2.27. The molecule has 0 aromatic rings. The van der Waals surface area contributed by atoms with E-state index in [9.17, 15) is 0 Å². The smallest absolute Gasteiger partial charge is 0.0575 e. The molecule has 0 bridgehead atoms. The SMILES string of the molecule is C#CCNC(C)CCC.Cl. The van der Waals surface area contributed by atoms with Crippen LogP contribution in [0.3, 0.4) is 0 Å². The highest BCUT2D eigenvalue weighted by Gasteiger charge is 1.94. The molecule has 60 valence electrons. The molecule has 1 unspecified atom stereocenters. The van der Waals surface area contributed by atoms with Gasteiger partial charge in [-0.1, -0.05) is 19.3 Å². The first kappa shape index (κ1) is 12.5. The summed E-state index contributed by atoms with van der Waals surface area (Å²) < 4.78 is 0. The zero-order chi connectivity index (χ0) is 7.11. The lowest BCUT2D eigenvalue weighted by molar-refractivity contribution is 0.540. The average molecular weight is 162 g/mol. The predicted octanol–water partition coefficient (Wildman–Crippen LogP) is 1.82. The molecule has 0 radical (unpaired) electrons. The number of terminal acetylenes is 1. The van der Waals surface area contributed by atoms with Crippen molar-refractivity contribution in [3.05, 3.63) is 0 Å². The number of rotatable bonds is 4. The van der Waals surface area contributed by atoms with Gasteiger partial charge in [0.15, 0.2) is 0 Å². The van der Waals surface area contributed by atoms with Gasteiger partial charge >= 0.3 is 0 Å². The maximum atomic E-state index is 5.06. The van der Waals surface area contributed by atoms with Crippen molar-refractivity contribution in [3.63, 3.8) is 0 Å². The second-order valence-electron chi connectivity index (χ2n) is 2.27. The first-order chi connectivity index (χ1) is 4.31. The molecule has 0 aliphatic rings. The van der Waals surface area contributed by atoms with E-state index in [0.29, 0.717) is 12.6 Å². The van der Waals surface area contributed by atoms with Crippen molar-refractivity contribution in [1.82, 2.24) is 5.32 Å².